The smallest absolute Gasteiger partial charge is 0.319 e. The molecule has 194 valence electrons. The molecule has 0 aliphatic carbocycles. The Balaban J connectivity index is 1.33. The van der Waals surface area contributed by atoms with Crippen molar-refractivity contribution in [2.24, 2.45) is 0 Å². The number of rotatable bonds is 13. The molecule has 1 aliphatic heterocycles. The van der Waals surface area contributed by atoms with Crippen molar-refractivity contribution in [1.82, 2.24) is 19.9 Å². The summed E-state index contributed by atoms with van der Waals surface area (Å²) in [6, 6.07) is 9.39. The molecule has 3 rings (SSSR count). The number of piperidine rings is 1. The number of carbonyl (C=O) groups excluding carboxylic acids is 1. The summed E-state index contributed by atoms with van der Waals surface area (Å²) in [6.07, 6.45) is 8.05. The van der Waals surface area contributed by atoms with Gasteiger partial charge in [0.05, 0.1) is 17.0 Å². The summed E-state index contributed by atoms with van der Waals surface area (Å²) in [4.78, 5) is 19.2. The normalized spacial score (nSPS) is 15.4. The first-order chi connectivity index (χ1) is 16.9. The van der Waals surface area contributed by atoms with Crippen LogP contribution in [-0.2, 0) is 10.0 Å². The second-order valence-electron chi connectivity index (χ2n) is 9.53. The molecule has 2 aromatic rings. The number of pyridine rings is 1. The van der Waals surface area contributed by atoms with Crippen molar-refractivity contribution < 1.29 is 13.2 Å². The number of aromatic nitrogens is 1. The lowest BCUT2D eigenvalue weighted by atomic mass is 10.1. The molecular formula is C26H41N5O3S. The molecule has 0 unspecified atom stereocenters. The number of likely N-dealkylation sites (tertiary alicyclic amines) is 1. The zero-order chi connectivity index (χ0) is 25.1. The maximum absolute atomic E-state index is 12.4. The molecule has 3 N–H and O–H groups in total. The van der Waals surface area contributed by atoms with Crippen LogP contribution in [0, 0.1) is 6.92 Å². The Bertz CT molecular complexity index is 1050. The Hall–Kier alpha value is -2.23. The van der Waals surface area contributed by atoms with Gasteiger partial charge < -0.3 is 15.5 Å². The maximum atomic E-state index is 12.4. The van der Waals surface area contributed by atoms with Gasteiger partial charge in [-0.3, -0.25) is 4.98 Å². The van der Waals surface area contributed by atoms with Crippen molar-refractivity contribution in [3.8, 4) is 0 Å². The maximum Gasteiger partial charge on any atom is 0.319 e. The average molecular weight is 504 g/mol. The first kappa shape index (κ1) is 27.4. The molecule has 35 heavy (non-hydrogen) atoms. The third-order valence-electron chi connectivity index (χ3n) is 6.51. The number of carbonyl (C=O) groups is 1. The molecule has 1 aromatic carbocycles. The Morgan fingerprint density at radius 1 is 1.09 bits per heavy atom. The highest BCUT2D eigenvalue weighted by molar-refractivity contribution is 7.89. The first-order valence-electron chi connectivity index (χ1n) is 13.0. The van der Waals surface area contributed by atoms with Crippen LogP contribution in [0.5, 0.6) is 0 Å². The number of nitrogens with one attached hydrogen (secondary N) is 3. The molecule has 2 heterocycles. The number of anilines is 1. The predicted molar refractivity (Wildman–Crippen MR) is 143 cm³/mol. The molecule has 0 saturated carbocycles. The molecule has 0 spiro atoms. The third kappa shape index (κ3) is 9.39. The van der Waals surface area contributed by atoms with E-state index in [4.69, 9.17) is 0 Å². The Kier molecular flexibility index (Phi) is 10.7. The van der Waals surface area contributed by atoms with Crippen LogP contribution in [0.1, 0.15) is 64.0 Å². The van der Waals surface area contributed by atoms with E-state index in [1.54, 1.807) is 0 Å². The van der Waals surface area contributed by atoms with Gasteiger partial charge in [0.1, 0.15) is 0 Å². The van der Waals surface area contributed by atoms with Crippen molar-refractivity contribution in [2.75, 3.05) is 37.2 Å². The average Bonchev–Trinajstić information content (AvgIpc) is 2.82. The summed E-state index contributed by atoms with van der Waals surface area (Å²) in [5.41, 5.74) is 2.46. The SMILES string of the molecule is CCCCCCCCS(=O)(=O)NC1CCN(CCNC(=O)Nc2cc(C)nc3ccccc23)CC1. The molecule has 2 amide bonds. The van der Waals surface area contributed by atoms with Gasteiger partial charge in [-0.2, -0.15) is 0 Å². The first-order valence-corrected chi connectivity index (χ1v) is 14.6. The summed E-state index contributed by atoms with van der Waals surface area (Å²) in [7, 11) is -3.21. The fraction of sp³-hybridized carbons (Fsp3) is 0.615. The summed E-state index contributed by atoms with van der Waals surface area (Å²) < 4.78 is 27.7. The van der Waals surface area contributed by atoms with E-state index in [9.17, 15) is 13.2 Å². The van der Waals surface area contributed by atoms with Crippen LogP contribution < -0.4 is 15.4 Å². The summed E-state index contributed by atoms with van der Waals surface area (Å²) in [5.74, 6) is 0.227. The van der Waals surface area contributed by atoms with Gasteiger partial charge in [0, 0.05) is 30.2 Å². The molecule has 1 aromatic heterocycles. The topological polar surface area (TPSA) is 103 Å². The van der Waals surface area contributed by atoms with Crippen LogP contribution in [-0.4, -0.2) is 62.3 Å². The molecule has 0 bridgehead atoms. The number of unbranched alkanes of at least 4 members (excludes halogenated alkanes) is 5. The van der Waals surface area contributed by atoms with Crippen molar-refractivity contribution in [2.45, 2.75) is 71.3 Å². The van der Waals surface area contributed by atoms with Crippen LogP contribution in [0.25, 0.3) is 10.9 Å². The van der Waals surface area contributed by atoms with Crippen molar-refractivity contribution in [3.63, 3.8) is 0 Å². The summed E-state index contributed by atoms with van der Waals surface area (Å²) >= 11 is 0. The fourth-order valence-corrected chi connectivity index (χ4v) is 6.01. The van der Waals surface area contributed by atoms with E-state index < -0.39 is 10.0 Å². The molecule has 1 fully saturated rings. The van der Waals surface area contributed by atoms with Crippen molar-refractivity contribution in [1.29, 1.82) is 0 Å². The van der Waals surface area contributed by atoms with Gasteiger partial charge in [-0.1, -0.05) is 57.2 Å². The number of para-hydroxylation sites is 1. The number of sulfonamides is 1. The van der Waals surface area contributed by atoms with Gasteiger partial charge in [-0.15, -0.1) is 0 Å². The van der Waals surface area contributed by atoms with Gasteiger partial charge in [0.25, 0.3) is 0 Å². The molecule has 8 nitrogen and oxygen atoms in total. The van der Waals surface area contributed by atoms with Gasteiger partial charge in [-0.25, -0.2) is 17.9 Å². The lowest BCUT2D eigenvalue weighted by molar-refractivity contribution is 0.206. The Morgan fingerprint density at radius 3 is 2.57 bits per heavy atom. The van der Waals surface area contributed by atoms with Gasteiger partial charge in [0.15, 0.2) is 0 Å². The number of benzene rings is 1. The van der Waals surface area contributed by atoms with Crippen LogP contribution >= 0.6 is 0 Å². The fourth-order valence-electron chi connectivity index (χ4n) is 4.56. The monoisotopic (exact) mass is 503 g/mol. The second-order valence-corrected chi connectivity index (χ2v) is 11.4. The van der Waals surface area contributed by atoms with E-state index in [0.29, 0.717) is 6.54 Å². The minimum atomic E-state index is -3.21. The lowest BCUT2D eigenvalue weighted by Gasteiger charge is -2.32. The third-order valence-corrected chi connectivity index (χ3v) is 8.03. The number of amides is 2. The highest BCUT2D eigenvalue weighted by Crippen LogP contribution is 2.22. The number of hydrogen-bond donors (Lipinski definition) is 3. The number of fused-ring (bicyclic) bond motifs is 1. The number of nitrogens with zero attached hydrogens (tertiary/aromatic N) is 2. The molecule has 1 aliphatic rings. The van der Waals surface area contributed by atoms with E-state index >= 15 is 0 Å². The van der Waals surface area contributed by atoms with E-state index in [-0.39, 0.29) is 17.8 Å². The zero-order valence-electron chi connectivity index (χ0n) is 21.2. The predicted octanol–water partition coefficient (Wildman–Crippen LogP) is 4.41. The van der Waals surface area contributed by atoms with Crippen LogP contribution in [0.4, 0.5) is 10.5 Å². The van der Waals surface area contributed by atoms with E-state index in [1.165, 1.54) is 19.3 Å². The number of hydrogen-bond acceptors (Lipinski definition) is 5. The minimum absolute atomic E-state index is 0.0100. The highest BCUT2D eigenvalue weighted by atomic mass is 32.2. The standard InChI is InChI=1S/C26H41N5O3S/c1-3-4-5-6-7-10-19-35(33,34)30-22-13-16-31(17-14-22)18-15-27-26(32)29-25-20-21(2)28-24-12-9-8-11-23(24)25/h8-9,11-12,20,22,30H,3-7,10,13-19H2,1-2H3,(H2,27,28,29,32). The molecule has 0 radical (unpaired) electrons. The van der Waals surface area contributed by atoms with E-state index in [2.05, 4.69) is 32.2 Å². The van der Waals surface area contributed by atoms with E-state index in [0.717, 1.165) is 74.0 Å². The van der Waals surface area contributed by atoms with Gasteiger partial charge in [0.2, 0.25) is 10.0 Å². The lowest BCUT2D eigenvalue weighted by Crippen LogP contribution is -2.47. The molecule has 9 heteroatoms. The van der Waals surface area contributed by atoms with Gasteiger partial charge >= 0.3 is 6.03 Å². The minimum Gasteiger partial charge on any atom is -0.337 e. The largest absolute Gasteiger partial charge is 0.337 e. The van der Waals surface area contributed by atoms with Gasteiger partial charge in [-0.05, 0) is 51.4 Å². The quantitative estimate of drug-likeness (QED) is 0.351. The molecule has 0 atom stereocenters. The van der Waals surface area contributed by atoms with Crippen molar-refractivity contribution >= 4 is 32.6 Å². The number of aryl methyl sites for hydroxylation is 1. The second kappa shape index (κ2) is 13.8. The Morgan fingerprint density at radius 2 is 1.80 bits per heavy atom. The van der Waals surface area contributed by atoms with Crippen LogP contribution in [0.15, 0.2) is 30.3 Å². The number of urea groups is 1. The van der Waals surface area contributed by atoms with Crippen LogP contribution in [0.2, 0.25) is 0 Å². The Labute approximate surface area is 210 Å². The van der Waals surface area contributed by atoms with Crippen molar-refractivity contribution in [3.05, 3.63) is 36.0 Å². The zero-order valence-corrected chi connectivity index (χ0v) is 22.0. The van der Waals surface area contributed by atoms with Crippen LogP contribution in [0.3, 0.4) is 0 Å². The summed E-state index contributed by atoms with van der Waals surface area (Å²) in [6.45, 7) is 7.00. The highest BCUT2D eigenvalue weighted by Gasteiger charge is 2.23. The molecule has 1 saturated heterocycles. The molecular weight excluding hydrogens is 462 g/mol. The summed E-state index contributed by atoms with van der Waals surface area (Å²) in [5, 5.41) is 6.78. The van der Waals surface area contributed by atoms with E-state index in [1.807, 2.05) is 37.3 Å².